The molecular weight excluding hydrogens is 191 g/mol. The summed E-state index contributed by atoms with van der Waals surface area (Å²) in [5.41, 5.74) is 0. The molecule has 0 aromatic heterocycles. The van der Waals surface area contributed by atoms with Crippen molar-refractivity contribution in [3.05, 3.63) is 0 Å². The lowest BCUT2D eigenvalue weighted by molar-refractivity contribution is 0.568. The molecule has 0 spiro atoms. The Kier molecular flexibility index (Phi) is 9.17. The Morgan fingerprint density at radius 2 is 0.875 bits per heavy atom. The van der Waals surface area contributed by atoms with E-state index < -0.39 is 0 Å². The fourth-order valence-electron chi connectivity index (χ4n) is 2.50. The van der Waals surface area contributed by atoms with Crippen molar-refractivity contribution in [2.24, 2.45) is 17.8 Å². The molecule has 0 radical (unpaired) electrons. The van der Waals surface area contributed by atoms with Crippen LogP contribution in [0.4, 0.5) is 0 Å². The lowest BCUT2D eigenvalue weighted by Crippen LogP contribution is -2.21. The maximum atomic E-state index is 2.42. The third-order valence-corrected chi connectivity index (χ3v) is 4.30. The lowest BCUT2D eigenvalue weighted by Gasteiger charge is -2.22. The molecular formula is C15H33B. The third kappa shape index (κ3) is 7.36. The Morgan fingerprint density at radius 1 is 0.625 bits per heavy atom. The van der Waals surface area contributed by atoms with Gasteiger partial charge in [0.05, 0.1) is 0 Å². The summed E-state index contributed by atoms with van der Waals surface area (Å²) in [6.07, 6.45) is 8.38. The van der Waals surface area contributed by atoms with E-state index in [1.165, 1.54) is 38.2 Å². The van der Waals surface area contributed by atoms with Crippen molar-refractivity contribution in [2.45, 2.75) is 79.8 Å². The van der Waals surface area contributed by atoms with Crippen molar-refractivity contribution in [1.82, 2.24) is 0 Å². The number of hydrogen-bond donors (Lipinski definition) is 0. The topological polar surface area (TPSA) is 0 Å². The van der Waals surface area contributed by atoms with Crippen LogP contribution in [-0.2, 0) is 0 Å². The van der Waals surface area contributed by atoms with Crippen LogP contribution >= 0.6 is 0 Å². The maximum Gasteiger partial charge on any atom is 0.140 e. The highest BCUT2D eigenvalue weighted by atomic mass is 14.1. The van der Waals surface area contributed by atoms with Crippen LogP contribution in [0.2, 0.25) is 19.0 Å². The van der Waals surface area contributed by atoms with E-state index in [9.17, 15) is 0 Å². The minimum atomic E-state index is 0.915. The van der Waals surface area contributed by atoms with Gasteiger partial charge < -0.3 is 0 Å². The summed E-state index contributed by atoms with van der Waals surface area (Å²) in [5, 5.41) is 0. The monoisotopic (exact) mass is 224 g/mol. The summed E-state index contributed by atoms with van der Waals surface area (Å²) < 4.78 is 0. The Labute approximate surface area is 105 Å². The summed E-state index contributed by atoms with van der Waals surface area (Å²) in [7, 11) is 0. The largest absolute Gasteiger partial charge is 0.140 e. The van der Waals surface area contributed by atoms with Crippen molar-refractivity contribution in [3.63, 3.8) is 0 Å². The van der Waals surface area contributed by atoms with Crippen LogP contribution in [0, 0.1) is 17.8 Å². The Hall–Kier alpha value is 0.0649. The molecule has 0 rings (SSSR count). The first-order valence-electron chi connectivity index (χ1n) is 7.53. The third-order valence-electron chi connectivity index (χ3n) is 4.30. The van der Waals surface area contributed by atoms with Gasteiger partial charge in [-0.2, -0.15) is 0 Å². The van der Waals surface area contributed by atoms with E-state index >= 15 is 0 Å². The fraction of sp³-hybridized carbons (Fsp3) is 1.00. The Balaban J connectivity index is 4.15. The molecule has 16 heavy (non-hydrogen) atoms. The van der Waals surface area contributed by atoms with E-state index in [1.54, 1.807) is 0 Å². The molecule has 3 atom stereocenters. The van der Waals surface area contributed by atoms with Gasteiger partial charge in [0.15, 0.2) is 0 Å². The predicted molar refractivity (Wildman–Crippen MR) is 78.5 cm³/mol. The molecule has 0 fully saturated rings. The highest BCUT2D eigenvalue weighted by Crippen LogP contribution is 2.25. The molecule has 0 N–H and O–H groups in total. The van der Waals surface area contributed by atoms with Gasteiger partial charge in [-0.15, -0.1) is 0 Å². The molecule has 0 aliphatic heterocycles. The maximum absolute atomic E-state index is 2.42. The first kappa shape index (κ1) is 16.1. The van der Waals surface area contributed by atoms with Gasteiger partial charge in [0, 0.05) is 0 Å². The van der Waals surface area contributed by atoms with Gasteiger partial charge in [0.1, 0.15) is 6.71 Å². The molecule has 1 heteroatoms. The molecule has 0 bridgehead atoms. The SMILES string of the molecule is CCC(C)CB(CC(C)CC)CC(C)CC. The molecule has 0 aromatic rings. The van der Waals surface area contributed by atoms with Crippen LogP contribution in [0.1, 0.15) is 60.8 Å². The van der Waals surface area contributed by atoms with Gasteiger partial charge >= 0.3 is 0 Å². The van der Waals surface area contributed by atoms with E-state index in [0.29, 0.717) is 0 Å². The minimum Gasteiger partial charge on any atom is -0.0715 e. The molecule has 0 saturated carbocycles. The smallest absolute Gasteiger partial charge is 0.0715 e. The average molecular weight is 224 g/mol. The Bertz CT molecular complexity index is 127. The molecule has 3 unspecified atom stereocenters. The number of rotatable bonds is 9. The first-order valence-corrected chi connectivity index (χ1v) is 7.53. The molecule has 0 amide bonds. The summed E-state index contributed by atoms with van der Waals surface area (Å²) in [6.45, 7) is 15.2. The zero-order valence-electron chi connectivity index (χ0n) is 12.6. The van der Waals surface area contributed by atoms with Crippen LogP contribution in [-0.4, -0.2) is 6.71 Å². The quantitative estimate of drug-likeness (QED) is 0.446. The van der Waals surface area contributed by atoms with Crippen molar-refractivity contribution in [3.8, 4) is 0 Å². The van der Waals surface area contributed by atoms with Gasteiger partial charge in [-0.05, 0) is 0 Å². The van der Waals surface area contributed by atoms with Crippen molar-refractivity contribution < 1.29 is 0 Å². The summed E-state index contributed by atoms with van der Waals surface area (Å²) in [4.78, 5) is 0. The molecule has 0 aliphatic carbocycles. The van der Waals surface area contributed by atoms with Crippen molar-refractivity contribution in [1.29, 1.82) is 0 Å². The molecule has 0 aromatic carbocycles. The van der Waals surface area contributed by atoms with E-state index in [4.69, 9.17) is 0 Å². The second kappa shape index (κ2) is 9.13. The van der Waals surface area contributed by atoms with E-state index in [2.05, 4.69) is 41.5 Å². The van der Waals surface area contributed by atoms with Gasteiger partial charge in [0.2, 0.25) is 0 Å². The highest BCUT2D eigenvalue weighted by molar-refractivity contribution is 6.58. The van der Waals surface area contributed by atoms with Gasteiger partial charge in [-0.1, -0.05) is 97.5 Å². The first-order chi connectivity index (χ1) is 7.53. The fourth-order valence-corrected chi connectivity index (χ4v) is 2.50. The lowest BCUT2D eigenvalue weighted by atomic mass is 9.37. The van der Waals surface area contributed by atoms with Gasteiger partial charge in [0.25, 0.3) is 0 Å². The van der Waals surface area contributed by atoms with Crippen LogP contribution in [0.25, 0.3) is 0 Å². The molecule has 0 nitrogen and oxygen atoms in total. The van der Waals surface area contributed by atoms with E-state index in [-0.39, 0.29) is 0 Å². The predicted octanol–water partition coefficient (Wildman–Crippen LogP) is 5.62. The number of hydrogen-bond acceptors (Lipinski definition) is 0. The average Bonchev–Trinajstić information content (AvgIpc) is 2.28. The molecule has 0 heterocycles. The standard InChI is InChI=1S/C15H33B/c1-7-13(4)10-16(11-14(5)8-2)12-15(6)9-3/h13-15H,7-12H2,1-6H3. The summed E-state index contributed by atoms with van der Waals surface area (Å²) >= 11 is 0. The second-order valence-electron chi connectivity index (χ2n) is 6.11. The van der Waals surface area contributed by atoms with Gasteiger partial charge in [-0.3, -0.25) is 0 Å². The minimum absolute atomic E-state index is 0.915. The summed E-state index contributed by atoms with van der Waals surface area (Å²) in [6, 6.07) is 0. The van der Waals surface area contributed by atoms with Crippen molar-refractivity contribution >= 4 is 6.71 Å². The highest BCUT2D eigenvalue weighted by Gasteiger charge is 2.20. The summed E-state index contributed by atoms with van der Waals surface area (Å²) in [5.74, 6) is 2.74. The van der Waals surface area contributed by atoms with Crippen LogP contribution in [0.5, 0.6) is 0 Å². The molecule has 0 saturated heterocycles. The van der Waals surface area contributed by atoms with Crippen molar-refractivity contribution in [2.75, 3.05) is 0 Å². The second-order valence-corrected chi connectivity index (χ2v) is 6.11. The van der Waals surface area contributed by atoms with Crippen LogP contribution in [0.15, 0.2) is 0 Å². The Morgan fingerprint density at radius 3 is 1.06 bits per heavy atom. The zero-order valence-corrected chi connectivity index (χ0v) is 12.6. The van der Waals surface area contributed by atoms with Crippen LogP contribution in [0.3, 0.4) is 0 Å². The molecule has 96 valence electrons. The zero-order chi connectivity index (χ0) is 12.6. The van der Waals surface area contributed by atoms with Crippen LogP contribution < -0.4 is 0 Å². The van der Waals surface area contributed by atoms with Gasteiger partial charge in [-0.25, -0.2) is 0 Å². The van der Waals surface area contributed by atoms with E-state index in [1.807, 2.05) is 0 Å². The molecule has 0 aliphatic rings. The van der Waals surface area contributed by atoms with E-state index in [0.717, 1.165) is 24.5 Å². The normalized spacial score (nSPS) is 16.9.